The summed E-state index contributed by atoms with van der Waals surface area (Å²) in [5.41, 5.74) is 4.41. The zero-order valence-corrected chi connectivity index (χ0v) is 16.7. The molecule has 26 heavy (non-hydrogen) atoms. The number of hydrogen-bond donors (Lipinski definition) is 1. The van der Waals surface area contributed by atoms with Crippen molar-refractivity contribution < 1.29 is 14.6 Å². The maximum atomic E-state index is 12.3. The van der Waals surface area contributed by atoms with E-state index in [1.54, 1.807) is 0 Å². The number of likely N-dealkylation sites (tertiary alicyclic amines) is 1. The number of carbonyl (C=O) groups excluding carboxylic acids is 1. The van der Waals surface area contributed by atoms with Gasteiger partial charge in [-0.1, -0.05) is 18.8 Å². The van der Waals surface area contributed by atoms with Crippen LogP contribution in [0.4, 0.5) is 4.79 Å². The van der Waals surface area contributed by atoms with Gasteiger partial charge < -0.3 is 14.7 Å². The highest BCUT2D eigenvalue weighted by molar-refractivity contribution is 5.68. The summed E-state index contributed by atoms with van der Waals surface area (Å²) < 4.78 is 5.49. The molecule has 0 spiro atoms. The molecule has 0 saturated carbocycles. The second kappa shape index (κ2) is 8.60. The van der Waals surface area contributed by atoms with E-state index < -0.39 is 5.60 Å². The molecule has 1 N–H and O–H groups in total. The summed E-state index contributed by atoms with van der Waals surface area (Å²) in [5.74, 6) is 6.20. The van der Waals surface area contributed by atoms with Crippen LogP contribution in [0.15, 0.2) is 12.1 Å². The zero-order chi connectivity index (χ0) is 19.3. The first-order chi connectivity index (χ1) is 12.2. The third-order valence-corrected chi connectivity index (χ3v) is 4.76. The summed E-state index contributed by atoms with van der Waals surface area (Å²) in [4.78, 5) is 14.1. The maximum Gasteiger partial charge on any atom is 0.410 e. The molecule has 0 aliphatic carbocycles. The highest BCUT2D eigenvalue weighted by Gasteiger charge is 2.30. The lowest BCUT2D eigenvalue weighted by Gasteiger charge is -2.24. The van der Waals surface area contributed by atoms with Gasteiger partial charge in [-0.05, 0) is 81.7 Å². The molecule has 4 heteroatoms. The average molecular weight is 357 g/mol. The van der Waals surface area contributed by atoms with Gasteiger partial charge in [-0.3, -0.25) is 0 Å². The molecular formula is C22H31NO3. The lowest BCUT2D eigenvalue weighted by Crippen LogP contribution is -2.35. The third-order valence-electron chi connectivity index (χ3n) is 4.76. The molecule has 1 amide bonds. The maximum absolute atomic E-state index is 12.3. The van der Waals surface area contributed by atoms with Crippen LogP contribution in [-0.4, -0.2) is 41.4 Å². The number of ether oxygens (including phenoxy) is 1. The quantitative estimate of drug-likeness (QED) is 0.839. The Morgan fingerprint density at radius 2 is 2.04 bits per heavy atom. The SMILES string of the molecule is CCc1cc(C#CCO)cc(CC2CCN(C(=O)OC(C)(C)C)C2)c1C. The minimum absolute atomic E-state index is 0.127. The molecule has 1 aliphatic rings. The van der Waals surface area contributed by atoms with Crippen LogP contribution < -0.4 is 0 Å². The molecule has 1 fully saturated rings. The van der Waals surface area contributed by atoms with E-state index in [0.717, 1.165) is 37.9 Å². The van der Waals surface area contributed by atoms with E-state index in [-0.39, 0.29) is 12.7 Å². The van der Waals surface area contributed by atoms with Crippen LogP contribution in [0.5, 0.6) is 0 Å². The van der Waals surface area contributed by atoms with Crippen LogP contribution in [0.2, 0.25) is 0 Å². The van der Waals surface area contributed by atoms with Gasteiger partial charge in [0.25, 0.3) is 0 Å². The third kappa shape index (κ3) is 5.51. The lowest BCUT2D eigenvalue weighted by atomic mass is 9.90. The van der Waals surface area contributed by atoms with E-state index in [2.05, 4.69) is 37.8 Å². The van der Waals surface area contributed by atoms with E-state index in [4.69, 9.17) is 9.84 Å². The first-order valence-corrected chi connectivity index (χ1v) is 9.43. The van der Waals surface area contributed by atoms with Crippen molar-refractivity contribution in [1.29, 1.82) is 0 Å². The Balaban J connectivity index is 2.10. The molecule has 142 valence electrons. The fraction of sp³-hybridized carbons (Fsp3) is 0.591. The molecule has 1 aromatic rings. The topological polar surface area (TPSA) is 49.8 Å². The molecular weight excluding hydrogens is 326 g/mol. The van der Waals surface area contributed by atoms with Crippen molar-refractivity contribution in [3.8, 4) is 11.8 Å². The van der Waals surface area contributed by atoms with Gasteiger partial charge in [0.05, 0.1) is 0 Å². The number of hydrogen-bond acceptors (Lipinski definition) is 3. The molecule has 1 heterocycles. The Labute approximate surface area is 157 Å². The highest BCUT2D eigenvalue weighted by Crippen LogP contribution is 2.26. The minimum Gasteiger partial charge on any atom is -0.444 e. The average Bonchev–Trinajstić information content (AvgIpc) is 3.02. The van der Waals surface area contributed by atoms with Crippen molar-refractivity contribution in [2.75, 3.05) is 19.7 Å². The van der Waals surface area contributed by atoms with Crippen molar-refractivity contribution in [1.82, 2.24) is 4.90 Å². The number of amides is 1. The van der Waals surface area contributed by atoms with Gasteiger partial charge in [0.2, 0.25) is 0 Å². The summed E-state index contributed by atoms with van der Waals surface area (Å²) in [6.45, 7) is 11.4. The van der Waals surface area contributed by atoms with Crippen molar-refractivity contribution in [2.45, 2.75) is 59.5 Å². The number of aliphatic hydroxyl groups is 1. The Morgan fingerprint density at radius 3 is 2.65 bits per heavy atom. The van der Waals surface area contributed by atoms with Crippen molar-refractivity contribution >= 4 is 6.09 Å². The molecule has 1 aromatic carbocycles. The molecule has 0 aromatic heterocycles. The number of aryl methyl sites for hydroxylation is 1. The van der Waals surface area contributed by atoms with Gasteiger partial charge in [-0.25, -0.2) is 4.79 Å². The van der Waals surface area contributed by atoms with Gasteiger partial charge in [-0.15, -0.1) is 0 Å². The van der Waals surface area contributed by atoms with Crippen molar-refractivity contribution in [2.24, 2.45) is 5.92 Å². The molecule has 1 saturated heterocycles. The number of nitrogens with zero attached hydrogens (tertiary/aromatic N) is 1. The predicted molar refractivity (Wildman–Crippen MR) is 104 cm³/mol. The fourth-order valence-corrected chi connectivity index (χ4v) is 3.44. The first kappa shape index (κ1) is 20.3. The van der Waals surface area contributed by atoms with Crippen LogP contribution in [0, 0.1) is 24.7 Å². The molecule has 2 rings (SSSR count). The van der Waals surface area contributed by atoms with Crippen molar-refractivity contribution in [3.05, 3.63) is 34.4 Å². The largest absolute Gasteiger partial charge is 0.444 e. The number of rotatable bonds is 3. The smallest absolute Gasteiger partial charge is 0.410 e. The number of benzene rings is 1. The molecule has 1 atom stereocenters. The first-order valence-electron chi connectivity index (χ1n) is 9.43. The van der Waals surface area contributed by atoms with Crippen LogP contribution in [0.25, 0.3) is 0 Å². The van der Waals surface area contributed by atoms with Crippen LogP contribution >= 0.6 is 0 Å². The highest BCUT2D eigenvalue weighted by atomic mass is 16.6. The van der Waals surface area contributed by atoms with Crippen molar-refractivity contribution in [3.63, 3.8) is 0 Å². The molecule has 0 radical (unpaired) electrons. The number of carbonyl (C=O) groups is 1. The second-order valence-electron chi connectivity index (χ2n) is 8.02. The monoisotopic (exact) mass is 357 g/mol. The van der Waals surface area contributed by atoms with Gasteiger partial charge in [-0.2, -0.15) is 0 Å². The normalized spacial score (nSPS) is 17.0. The summed E-state index contributed by atoms with van der Waals surface area (Å²) in [6.07, 6.45) is 2.68. The van der Waals surface area contributed by atoms with Crippen LogP contribution in [0.1, 0.15) is 56.4 Å². The molecule has 1 aliphatic heterocycles. The number of aliphatic hydroxyl groups excluding tert-OH is 1. The Kier molecular flexibility index (Phi) is 6.72. The summed E-state index contributed by atoms with van der Waals surface area (Å²) in [7, 11) is 0. The minimum atomic E-state index is -0.457. The van der Waals surface area contributed by atoms with Gasteiger partial charge in [0.15, 0.2) is 0 Å². The van der Waals surface area contributed by atoms with Gasteiger partial charge in [0.1, 0.15) is 12.2 Å². The predicted octanol–water partition coefficient (Wildman–Crippen LogP) is 3.70. The summed E-state index contributed by atoms with van der Waals surface area (Å²) in [6, 6.07) is 4.25. The van der Waals surface area contributed by atoms with Gasteiger partial charge >= 0.3 is 6.09 Å². The Bertz CT molecular complexity index is 707. The van der Waals surface area contributed by atoms with E-state index in [9.17, 15) is 4.79 Å². The van der Waals surface area contributed by atoms with Gasteiger partial charge in [0, 0.05) is 18.7 Å². The second-order valence-corrected chi connectivity index (χ2v) is 8.02. The zero-order valence-electron chi connectivity index (χ0n) is 16.7. The summed E-state index contributed by atoms with van der Waals surface area (Å²) >= 11 is 0. The Morgan fingerprint density at radius 1 is 1.35 bits per heavy atom. The van der Waals surface area contributed by atoms with E-state index in [0.29, 0.717) is 5.92 Å². The lowest BCUT2D eigenvalue weighted by molar-refractivity contribution is 0.0288. The molecule has 4 nitrogen and oxygen atoms in total. The molecule has 0 bridgehead atoms. The van der Waals surface area contributed by atoms with E-state index in [1.807, 2.05) is 25.7 Å². The van der Waals surface area contributed by atoms with E-state index >= 15 is 0 Å². The Hall–Kier alpha value is -1.99. The van der Waals surface area contributed by atoms with Crippen LogP contribution in [-0.2, 0) is 17.6 Å². The summed E-state index contributed by atoms with van der Waals surface area (Å²) in [5, 5.41) is 8.95. The standard InChI is InChI=1S/C22H31NO3/c1-6-19-12-17(8-7-11-24)13-20(16(19)2)14-18-9-10-23(15-18)21(25)26-22(3,4)5/h12-13,18,24H,6,9-11,14-15H2,1-5H3. The molecule has 1 unspecified atom stereocenters. The van der Waals surface area contributed by atoms with Crippen LogP contribution in [0.3, 0.4) is 0 Å². The van der Waals surface area contributed by atoms with E-state index in [1.165, 1.54) is 16.7 Å². The fourth-order valence-electron chi connectivity index (χ4n) is 3.44.